The smallest absolute Gasteiger partial charge is 0.244 e. The molecule has 0 N–H and O–H groups in total. The van der Waals surface area contributed by atoms with Crippen LogP contribution < -0.4 is 0 Å². The zero-order chi connectivity index (χ0) is 21.6. The number of aromatic nitrogens is 1. The molecule has 0 aliphatic carbocycles. The summed E-state index contributed by atoms with van der Waals surface area (Å²) in [6.07, 6.45) is 5.38. The van der Waals surface area contributed by atoms with Crippen molar-refractivity contribution in [2.75, 3.05) is 45.8 Å². The van der Waals surface area contributed by atoms with Crippen LogP contribution in [0, 0.1) is 16.7 Å². The van der Waals surface area contributed by atoms with Gasteiger partial charge in [0.05, 0.1) is 5.41 Å². The SMILES string of the molecule is CCN1CCC2(CN(CC(C)C)CC23CCN(S(=O)(=O)c2cccnc2)CC3)C1=O. The number of nitrogens with zero attached hydrogens (tertiary/aromatic N) is 4. The fourth-order valence-corrected chi connectivity index (χ4v) is 7.45. The van der Waals surface area contributed by atoms with Gasteiger partial charge in [-0.1, -0.05) is 13.8 Å². The molecule has 1 atom stereocenters. The molecule has 7 nitrogen and oxygen atoms in total. The van der Waals surface area contributed by atoms with Gasteiger partial charge in [0.1, 0.15) is 4.90 Å². The van der Waals surface area contributed by atoms with E-state index in [0.29, 0.717) is 24.9 Å². The summed E-state index contributed by atoms with van der Waals surface area (Å²) in [4.78, 5) is 22.2. The predicted molar refractivity (Wildman–Crippen MR) is 115 cm³/mol. The van der Waals surface area contributed by atoms with Crippen molar-refractivity contribution in [3.63, 3.8) is 0 Å². The highest BCUT2D eigenvalue weighted by molar-refractivity contribution is 7.89. The molecule has 4 heterocycles. The Bertz CT molecular complexity index is 881. The van der Waals surface area contributed by atoms with Gasteiger partial charge in [-0.2, -0.15) is 4.31 Å². The largest absolute Gasteiger partial charge is 0.342 e. The summed E-state index contributed by atoms with van der Waals surface area (Å²) in [5.41, 5.74) is -0.494. The lowest BCUT2D eigenvalue weighted by atomic mass is 9.60. The average molecular weight is 435 g/mol. The normalized spacial score (nSPS) is 27.7. The summed E-state index contributed by atoms with van der Waals surface area (Å²) in [5, 5.41) is 0. The summed E-state index contributed by atoms with van der Waals surface area (Å²) in [5.74, 6) is 0.835. The maximum Gasteiger partial charge on any atom is 0.244 e. The van der Waals surface area contributed by atoms with E-state index in [4.69, 9.17) is 0 Å². The maximum atomic E-state index is 13.5. The number of amides is 1. The average Bonchev–Trinajstić information content (AvgIpc) is 3.20. The molecule has 1 aromatic rings. The van der Waals surface area contributed by atoms with Crippen molar-refractivity contribution in [1.29, 1.82) is 0 Å². The number of hydrogen-bond donors (Lipinski definition) is 0. The first kappa shape index (κ1) is 21.7. The van der Waals surface area contributed by atoms with Crippen LogP contribution in [0.3, 0.4) is 0 Å². The number of carbonyl (C=O) groups excluding carboxylic acids is 1. The summed E-state index contributed by atoms with van der Waals surface area (Å²) in [6.45, 7) is 11.7. The van der Waals surface area contributed by atoms with Crippen LogP contribution in [0.15, 0.2) is 29.4 Å². The van der Waals surface area contributed by atoms with Crippen LogP contribution in [-0.4, -0.2) is 79.2 Å². The van der Waals surface area contributed by atoms with Crippen LogP contribution in [0.5, 0.6) is 0 Å². The van der Waals surface area contributed by atoms with Gasteiger partial charge in [0.25, 0.3) is 0 Å². The molecule has 0 bridgehead atoms. The van der Waals surface area contributed by atoms with Crippen molar-refractivity contribution in [1.82, 2.24) is 19.1 Å². The third-order valence-corrected chi connectivity index (χ3v) is 9.38. The van der Waals surface area contributed by atoms with Crippen molar-refractivity contribution < 1.29 is 13.2 Å². The molecule has 0 radical (unpaired) electrons. The monoisotopic (exact) mass is 434 g/mol. The molecule has 3 aliphatic rings. The second-order valence-corrected chi connectivity index (χ2v) is 11.6. The maximum absolute atomic E-state index is 13.5. The molecule has 1 amide bonds. The Morgan fingerprint density at radius 1 is 1.13 bits per heavy atom. The molecule has 0 aromatic carbocycles. The Morgan fingerprint density at radius 3 is 2.43 bits per heavy atom. The number of sulfonamides is 1. The van der Waals surface area contributed by atoms with E-state index in [1.54, 1.807) is 22.6 Å². The Balaban J connectivity index is 1.59. The van der Waals surface area contributed by atoms with Crippen LogP contribution in [0.4, 0.5) is 0 Å². The van der Waals surface area contributed by atoms with Crippen molar-refractivity contribution >= 4 is 15.9 Å². The van der Waals surface area contributed by atoms with E-state index in [2.05, 4.69) is 23.7 Å². The Morgan fingerprint density at radius 2 is 1.87 bits per heavy atom. The molecule has 3 aliphatic heterocycles. The molecule has 4 rings (SSSR count). The molecule has 3 saturated heterocycles. The first-order valence-corrected chi connectivity index (χ1v) is 12.6. The molecule has 1 aromatic heterocycles. The van der Waals surface area contributed by atoms with Crippen molar-refractivity contribution in [2.45, 2.75) is 44.9 Å². The van der Waals surface area contributed by atoms with E-state index in [1.165, 1.54) is 6.20 Å². The van der Waals surface area contributed by atoms with Gasteiger partial charge in [0.2, 0.25) is 15.9 Å². The van der Waals surface area contributed by atoms with Crippen molar-refractivity contribution in [2.24, 2.45) is 16.7 Å². The zero-order valence-corrected chi connectivity index (χ0v) is 19.2. The topological polar surface area (TPSA) is 73.8 Å². The van der Waals surface area contributed by atoms with E-state index in [-0.39, 0.29) is 15.7 Å². The highest BCUT2D eigenvalue weighted by Gasteiger charge is 2.65. The first-order chi connectivity index (χ1) is 14.2. The third kappa shape index (κ3) is 3.37. The highest BCUT2D eigenvalue weighted by atomic mass is 32.2. The molecular formula is C22H34N4O3S. The van der Waals surface area contributed by atoms with Gasteiger partial charge in [-0.3, -0.25) is 9.78 Å². The first-order valence-electron chi connectivity index (χ1n) is 11.2. The van der Waals surface area contributed by atoms with E-state index in [1.807, 2.05) is 11.8 Å². The third-order valence-electron chi connectivity index (χ3n) is 7.50. The fraction of sp³-hybridized carbons (Fsp3) is 0.727. The highest BCUT2D eigenvalue weighted by Crippen LogP contribution is 2.58. The number of hydrogen-bond acceptors (Lipinski definition) is 5. The predicted octanol–water partition coefficient (Wildman–Crippen LogP) is 2.06. The molecule has 1 unspecified atom stereocenters. The number of pyridine rings is 1. The molecule has 3 fully saturated rings. The minimum Gasteiger partial charge on any atom is -0.342 e. The van der Waals surface area contributed by atoms with Crippen LogP contribution in [-0.2, 0) is 14.8 Å². The quantitative estimate of drug-likeness (QED) is 0.709. The zero-order valence-electron chi connectivity index (χ0n) is 18.4. The van der Waals surface area contributed by atoms with Crippen LogP contribution in [0.1, 0.15) is 40.0 Å². The van der Waals surface area contributed by atoms with Crippen LogP contribution >= 0.6 is 0 Å². The number of carbonyl (C=O) groups is 1. The van der Waals surface area contributed by atoms with Gasteiger partial charge >= 0.3 is 0 Å². The van der Waals surface area contributed by atoms with Gasteiger partial charge in [-0.15, -0.1) is 0 Å². The summed E-state index contributed by atoms with van der Waals surface area (Å²) in [6, 6.07) is 3.26. The lowest BCUT2D eigenvalue weighted by molar-refractivity contribution is -0.141. The van der Waals surface area contributed by atoms with Crippen LogP contribution in [0.2, 0.25) is 0 Å². The van der Waals surface area contributed by atoms with Crippen molar-refractivity contribution in [3.05, 3.63) is 24.5 Å². The minimum absolute atomic E-state index is 0.135. The number of piperidine rings is 1. The minimum atomic E-state index is -3.54. The van der Waals surface area contributed by atoms with Crippen molar-refractivity contribution in [3.8, 4) is 0 Å². The van der Waals surface area contributed by atoms with Gasteiger partial charge < -0.3 is 9.80 Å². The summed E-state index contributed by atoms with van der Waals surface area (Å²) < 4.78 is 27.7. The Kier molecular flexibility index (Phi) is 5.70. The second-order valence-electron chi connectivity index (χ2n) is 9.65. The van der Waals surface area contributed by atoms with Gasteiger partial charge in [0, 0.05) is 63.6 Å². The Labute approximate surface area is 180 Å². The summed E-state index contributed by atoms with van der Waals surface area (Å²) >= 11 is 0. The van der Waals surface area contributed by atoms with Crippen LogP contribution in [0.25, 0.3) is 0 Å². The molecular weight excluding hydrogens is 400 g/mol. The van der Waals surface area contributed by atoms with Gasteiger partial charge in [-0.05, 0) is 44.2 Å². The number of fused-ring (bicyclic) bond motifs is 1. The lowest BCUT2D eigenvalue weighted by Crippen LogP contribution is -2.53. The molecule has 8 heteroatoms. The molecule has 0 saturated carbocycles. The van der Waals surface area contributed by atoms with E-state index in [9.17, 15) is 13.2 Å². The van der Waals surface area contributed by atoms with Gasteiger partial charge in [-0.25, -0.2) is 8.42 Å². The lowest BCUT2D eigenvalue weighted by Gasteiger charge is -2.46. The molecule has 2 spiro atoms. The van der Waals surface area contributed by atoms with E-state index < -0.39 is 10.0 Å². The molecule has 166 valence electrons. The molecule has 30 heavy (non-hydrogen) atoms. The van der Waals surface area contributed by atoms with E-state index >= 15 is 0 Å². The standard InChI is InChI=1S/C22H34N4O3S/c1-4-25-11-9-22(20(25)27)17-24(15-18(2)3)16-21(22)7-12-26(13-8-21)30(28,29)19-6-5-10-23-14-19/h5-6,10,14,18H,4,7-9,11-13,15-17H2,1-3H3. The van der Waals surface area contributed by atoms with E-state index in [0.717, 1.165) is 52.0 Å². The second kappa shape index (κ2) is 7.88. The fourth-order valence-electron chi connectivity index (χ4n) is 6.05. The Hall–Kier alpha value is -1.51. The summed E-state index contributed by atoms with van der Waals surface area (Å²) in [7, 11) is -3.54. The van der Waals surface area contributed by atoms with Gasteiger partial charge in [0.15, 0.2) is 0 Å². The number of likely N-dealkylation sites (tertiary alicyclic amines) is 2. The number of rotatable bonds is 5.